The van der Waals surface area contributed by atoms with Crippen LogP contribution in [0.15, 0.2) is 43.0 Å². The molecular formula is C15H16. The van der Waals surface area contributed by atoms with Crippen molar-refractivity contribution in [1.29, 1.82) is 0 Å². The molecule has 2 aromatic carbocycles. The van der Waals surface area contributed by atoms with Crippen LogP contribution >= 0.6 is 0 Å². The highest BCUT2D eigenvalue weighted by Crippen LogP contribution is 2.21. The molecule has 0 aliphatic rings. The molecule has 0 saturated heterocycles. The topological polar surface area (TPSA) is 0 Å². The number of aryl methyl sites for hydroxylation is 1. The third-order valence-corrected chi connectivity index (χ3v) is 2.74. The van der Waals surface area contributed by atoms with Crippen molar-refractivity contribution < 1.29 is 0 Å². The minimum absolute atomic E-state index is 1.16. The van der Waals surface area contributed by atoms with E-state index in [0.29, 0.717) is 0 Å². The Morgan fingerprint density at radius 2 is 2.07 bits per heavy atom. The first-order valence-electron chi connectivity index (χ1n) is 5.49. The second kappa shape index (κ2) is 4.31. The smallest absolute Gasteiger partial charge is 0.0111 e. The lowest BCUT2D eigenvalue weighted by atomic mass is 10.0. The third kappa shape index (κ3) is 1.94. The summed E-state index contributed by atoms with van der Waals surface area (Å²) in [5, 5.41) is 2.62. The predicted octanol–water partition coefficient (Wildman–Crippen LogP) is 4.44. The van der Waals surface area contributed by atoms with Gasteiger partial charge in [0.25, 0.3) is 0 Å². The van der Waals surface area contributed by atoms with Gasteiger partial charge in [0.2, 0.25) is 0 Å². The predicted molar refractivity (Wildman–Crippen MR) is 68.0 cm³/mol. The SMILES string of the molecule is C=Cc1cccc2cc(CCC)ccc12. The Bertz CT molecular complexity index is 480. The summed E-state index contributed by atoms with van der Waals surface area (Å²) in [6, 6.07) is 13.1. The Kier molecular flexibility index (Phi) is 2.86. The highest BCUT2D eigenvalue weighted by Gasteiger charge is 1.98. The Morgan fingerprint density at radius 1 is 1.20 bits per heavy atom. The molecule has 0 bridgehead atoms. The lowest BCUT2D eigenvalue weighted by molar-refractivity contribution is 0.924. The van der Waals surface area contributed by atoms with Crippen LogP contribution in [0.2, 0.25) is 0 Å². The summed E-state index contributed by atoms with van der Waals surface area (Å²) in [5.41, 5.74) is 2.64. The van der Waals surface area contributed by atoms with Gasteiger partial charge in [0, 0.05) is 0 Å². The molecule has 0 unspecified atom stereocenters. The van der Waals surface area contributed by atoms with Crippen molar-refractivity contribution in [3.8, 4) is 0 Å². The van der Waals surface area contributed by atoms with E-state index in [1.807, 2.05) is 6.08 Å². The molecule has 0 aliphatic heterocycles. The van der Waals surface area contributed by atoms with Crippen LogP contribution in [0.1, 0.15) is 24.5 Å². The molecule has 0 saturated carbocycles. The van der Waals surface area contributed by atoms with E-state index in [-0.39, 0.29) is 0 Å². The summed E-state index contributed by atoms with van der Waals surface area (Å²) < 4.78 is 0. The lowest BCUT2D eigenvalue weighted by Crippen LogP contribution is -1.84. The van der Waals surface area contributed by atoms with Crippen LogP contribution in [0.25, 0.3) is 16.8 Å². The summed E-state index contributed by atoms with van der Waals surface area (Å²) in [7, 11) is 0. The molecule has 76 valence electrons. The van der Waals surface area contributed by atoms with Gasteiger partial charge in [0.1, 0.15) is 0 Å². The van der Waals surface area contributed by atoms with E-state index in [9.17, 15) is 0 Å². The molecule has 0 aromatic heterocycles. The molecule has 0 spiro atoms. The van der Waals surface area contributed by atoms with Gasteiger partial charge in [-0.1, -0.05) is 62.4 Å². The number of benzene rings is 2. The number of fused-ring (bicyclic) bond motifs is 1. The second-order valence-corrected chi connectivity index (χ2v) is 3.86. The molecule has 15 heavy (non-hydrogen) atoms. The molecule has 0 radical (unpaired) electrons. The number of hydrogen-bond donors (Lipinski definition) is 0. The van der Waals surface area contributed by atoms with Crippen molar-refractivity contribution in [3.63, 3.8) is 0 Å². The minimum atomic E-state index is 1.16. The summed E-state index contributed by atoms with van der Waals surface area (Å²) in [6.07, 6.45) is 4.28. The first kappa shape index (κ1) is 9.97. The highest BCUT2D eigenvalue weighted by atomic mass is 14.0. The maximum atomic E-state index is 3.84. The third-order valence-electron chi connectivity index (χ3n) is 2.74. The zero-order valence-corrected chi connectivity index (χ0v) is 9.16. The lowest BCUT2D eigenvalue weighted by Gasteiger charge is -2.04. The van der Waals surface area contributed by atoms with E-state index < -0.39 is 0 Å². The highest BCUT2D eigenvalue weighted by molar-refractivity contribution is 5.90. The normalized spacial score (nSPS) is 10.5. The molecule has 2 rings (SSSR count). The van der Waals surface area contributed by atoms with E-state index in [1.54, 1.807) is 0 Å². The van der Waals surface area contributed by atoms with Crippen LogP contribution < -0.4 is 0 Å². The van der Waals surface area contributed by atoms with E-state index in [0.717, 1.165) is 6.42 Å². The van der Waals surface area contributed by atoms with Gasteiger partial charge in [-0.05, 0) is 28.3 Å². The number of hydrogen-bond acceptors (Lipinski definition) is 0. The minimum Gasteiger partial charge on any atom is -0.0984 e. The van der Waals surface area contributed by atoms with Crippen molar-refractivity contribution >= 4 is 16.8 Å². The van der Waals surface area contributed by atoms with Gasteiger partial charge >= 0.3 is 0 Å². The van der Waals surface area contributed by atoms with Gasteiger partial charge in [-0.3, -0.25) is 0 Å². The van der Waals surface area contributed by atoms with Gasteiger partial charge in [0.05, 0.1) is 0 Å². The maximum absolute atomic E-state index is 3.84. The van der Waals surface area contributed by atoms with Crippen molar-refractivity contribution in [2.45, 2.75) is 19.8 Å². The zero-order chi connectivity index (χ0) is 10.7. The van der Waals surface area contributed by atoms with Crippen molar-refractivity contribution in [2.75, 3.05) is 0 Å². The van der Waals surface area contributed by atoms with Crippen LogP contribution in [-0.2, 0) is 6.42 Å². The molecule has 0 fully saturated rings. The fourth-order valence-electron chi connectivity index (χ4n) is 1.98. The average molecular weight is 196 g/mol. The van der Waals surface area contributed by atoms with Crippen molar-refractivity contribution in [3.05, 3.63) is 54.1 Å². The number of rotatable bonds is 3. The summed E-state index contributed by atoms with van der Waals surface area (Å²) >= 11 is 0. The van der Waals surface area contributed by atoms with Crippen LogP contribution in [0, 0.1) is 0 Å². The van der Waals surface area contributed by atoms with Gasteiger partial charge in [-0.25, -0.2) is 0 Å². The molecule has 2 aromatic rings. The van der Waals surface area contributed by atoms with Gasteiger partial charge < -0.3 is 0 Å². The molecular weight excluding hydrogens is 180 g/mol. The second-order valence-electron chi connectivity index (χ2n) is 3.86. The summed E-state index contributed by atoms with van der Waals surface area (Å²) in [6.45, 7) is 6.05. The summed E-state index contributed by atoms with van der Waals surface area (Å²) in [4.78, 5) is 0. The Labute approximate surface area is 91.2 Å². The molecule has 0 heteroatoms. The molecule has 0 aliphatic carbocycles. The Balaban J connectivity index is 2.58. The first-order chi connectivity index (χ1) is 7.35. The van der Waals surface area contributed by atoms with Crippen molar-refractivity contribution in [2.24, 2.45) is 0 Å². The fourth-order valence-corrected chi connectivity index (χ4v) is 1.98. The first-order valence-corrected chi connectivity index (χ1v) is 5.49. The van der Waals surface area contributed by atoms with E-state index in [1.165, 1.54) is 28.3 Å². The quantitative estimate of drug-likeness (QED) is 0.681. The molecule has 0 heterocycles. The van der Waals surface area contributed by atoms with E-state index in [2.05, 4.69) is 49.9 Å². The Hall–Kier alpha value is -1.56. The van der Waals surface area contributed by atoms with Gasteiger partial charge in [0.15, 0.2) is 0 Å². The van der Waals surface area contributed by atoms with Crippen LogP contribution in [0.5, 0.6) is 0 Å². The Morgan fingerprint density at radius 3 is 2.80 bits per heavy atom. The van der Waals surface area contributed by atoms with Gasteiger partial charge in [-0.2, -0.15) is 0 Å². The van der Waals surface area contributed by atoms with E-state index >= 15 is 0 Å². The van der Waals surface area contributed by atoms with Crippen LogP contribution in [0.4, 0.5) is 0 Å². The zero-order valence-electron chi connectivity index (χ0n) is 9.16. The molecule has 0 atom stereocenters. The average Bonchev–Trinajstić information content (AvgIpc) is 2.28. The monoisotopic (exact) mass is 196 g/mol. The van der Waals surface area contributed by atoms with Gasteiger partial charge in [-0.15, -0.1) is 0 Å². The maximum Gasteiger partial charge on any atom is -0.0111 e. The largest absolute Gasteiger partial charge is 0.0984 e. The molecule has 0 amide bonds. The van der Waals surface area contributed by atoms with Crippen LogP contribution in [0.3, 0.4) is 0 Å². The molecule has 0 nitrogen and oxygen atoms in total. The van der Waals surface area contributed by atoms with Crippen LogP contribution in [-0.4, -0.2) is 0 Å². The standard InChI is InChI=1S/C15H16/c1-3-6-12-9-10-15-13(4-2)7-5-8-14(15)11-12/h4-5,7-11H,2-3,6H2,1H3. The fraction of sp³-hybridized carbons (Fsp3) is 0.200. The van der Waals surface area contributed by atoms with E-state index in [4.69, 9.17) is 0 Å². The molecule has 0 N–H and O–H groups in total. The summed E-state index contributed by atoms with van der Waals surface area (Å²) in [5.74, 6) is 0. The van der Waals surface area contributed by atoms with Crippen molar-refractivity contribution in [1.82, 2.24) is 0 Å².